The van der Waals surface area contributed by atoms with Gasteiger partial charge in [-0.1, -0.05) is 35.3 Å². The van der Waals surface area contributed by atoms with Gasteiger partial charge in [-0.2, -0.15) is 0 Å². The average molecular weight is 448 g/mol. The zero-order valence-electron chi connectivity index (χ0n) is 15.1. The van der Waals surface area contributed by atoms with Crippen molar-refractivity contribution in [1.29, 1.82) is 0 Å². The second kappa shape index (κ2) is 9.92. The molecule has 0 atom stereocenters. The Labute approximate surface area is 182 Å². The van der Waals surface area contributed by atoms with Crippen molar-refractivity contribution in [2.45, 2.75) is 11.3 Å². The predicted molar refractivity (Wildman–Crippen MR) is 117 cm³/mol. The molecule has 3 nitrogen and oxygen atoms in total. The molecule has 148 valence electrons. The van der Waals surface area contributed by atoms with Crippen LogP contribution in [0.4, 0.5) is 10.1 Å². The van der Waals surface area contributed by atoms with Gasteiger partial charge >= 0.3 is 0 Å². The number of hydrogen-bond acceptors (Lipinski definition) is 3. The molecule has 7 heteroatoms. The normalized spacial score (nSPS) is 10.6. The minimum absolute atomic E-state index is 0.227. The Kier molecular flexibility index (Phi) is 7.31. The van der Waals surface area contributed by atoms with E-state index in [2.05, 4.69) is 5.32 Å². The van der Waals surface area contributed by atoms with E-state index in [9.17, 15) is 14.0 Å². The maximum Gasteiger partial charge on any atom is 0.225 e. The van der Waals surface area contributed by atoms with Crippen LogP contribution in [0, 0.1) is 5.82 Å². The summed E-state index contributed by atoms with van der Waals surface area (Å²) in [5.74, 6) is -0.353. The van der Waals surface area contributed by atoms with Gasteiger partial charge in [0.2, 0.25) is 5.91 Å². The van der Waals surface area contributed by atoms with Gasteiger partial charge in [-0.15, -0.1) is 11.8 Å². The first-order valence-corrected chi connectivity index (χ1v) is 10.4. The lowest BCUT2D eigenvalue weighted by Gasteiger charge is -2.12. The first kappa shape index (κ1) is 21.4. The molecular formula is C22H16Cl2FNO2S. The second-order valence-electron chi connectivity index (χ2n) is 6.10. The third kappa shape index (κ3) is 5.82. The van der Waals surface area contributed by atoms with Gasteiger partial charge in [0.1, 0.15) is 5.82 Å². The number of carbonyl (C=O) groups excluding carboxylic acids is 2. The second-order valence-corrected chi connectivity index (χ2v) is 8.11. The van der Waals surface area contributed by atoms with Crippen molar-refractivity contribution >= 4 is 52.3 Å². The Hall–Kier alpha value is -2.34. The van der Waals surface area contributed by atoms with E-state index in [0.717, 1.165) is 4.90 Å². The molecule has 3 rings (SSSR count). The summed E-state index contributed by atoms with van der Waals surface area (Å²) < 4.78 is 12.9. The largest absolute Gasteiger partial charge is 0.325 e. The Morgan fingerprint density at radius 3 is 2.38 bits per heavy atom. The van der Waals surface area contributed by atoms with Crippen molar-refractivity contribution < 1.29 is 14.0 Å². The molecule has 1 amide bonds. The Morgan fingerprint density at radius 1 is 0.931 bits per heavy atom. The summed E-state index contributed by atoms with van der Waals surface area (Å²) in [6, 6.07) is 17.5. The average Bonchev–Trinajstić information content (AvgIpc) is 2.71. The van der Waals surface area contributed by atoms with Crippen molar-refractivity contribution in [2.75, 3.05) is 11.1 Å². The molecule has 0 spiro atoms. The van der Waals surface area contributed by atoms with Crippen molar-refractivity contribution in [3.05, 3.63) is 93.7 Å². The van der Waals surface area contributed by atoms with Gasteiger partial charge < -0.3 is 5.32 Å². The molecule has 0 saturated carbocycles. The monoisotopic (exact) mass is 447 g/mol. The van der Waals surface area contributed by atoms with Crippen LogP contribution in [0.5, 0.6) is 0 Å². The fourth-order valence-electron chi connectivity index (χ4n) is 2.61. The molecule has 3 aromatic carbocycles. The fourth-order valence-corrected chi connectivity index (χ4v) is 3.85. The van der Waals surface area contributed by atoms with E-state index in [1.165, 1.54) is 30.0 Å². The van der Waals surface area contributed by atoms with Crippen molar-refractivity contribution in [3.8, 4) is 0 Å². The molecular weight excluding hydrogens is 432 g/mol. The topological polar surface area (TPSA) is 46.2 Å². The molecule has 0 heterocycles. The Morgan fingerprint density at radius 2 is 1.66 bits per heavy atom. The first-order valence-electron chi connectivity index (χ1n) is 8.71. The predicted octanol–water partition coefficient (Wildman–Crippen LogP) is 6.48. The van der Waals surface area contributed by atoms with Crippen LogP contribution < -0.4 is 5.32 Å². The highest BCUT2D eigenvalue weighted by molar-refractivity contribution is 7.99. The number of thioether (sulfide) groups is 1. The van der Waals surface area contributed by atoms with E-state index in [1.807, 2.05) is 0 Å². The minimum Gasteiger partial charge on any atom is -0.325 e. The van der Waals surface area contributed by atoms with E-state index >= 15 is 0 Å². The number of benzene rings is 3. The van der Waals surface area contributed by atoms with Crippen LogP contribution in [-0.2, 0) is 4.79 Å². The fraction of sp³-hybridized carbons (Fsp3) is 0.0909. The molecule has 29 heavy (non-hydrogen) atoms. The van der Waals surface area contributed by atoms with Gasteiger partial charge in [0, 0.05) is 33.2 Å². The van der Waals surface area contributed by atoms with Gasteiger partial charge in [-0.3, -0.25) is 9.59 Å². The van der Waals surface area contributed by atoms with E-state index in [-0.39, 0.29) is 29.5 Å². The van der Waals surface area contributed by atoms with Gasteiger partial charge in [0.25, 0.3) is 0 Å². The lowest BCUT2D eigenvalue weighted by atomic mass is 10.0. The summed E-state index contributed by atoms with van der Waals surface area (Å²) in [5, 5.41) is 3.47. The Bertz CT molecular complexity index is 1040. The Balaban J connectivity index is 1.69. The van der Waals surface area contributed by atoms with Crippen molar-refractivity contribution in [1.82, 2.24) is 0 Å². The van der Waals surface area contributed by atoms with E-state index in [1.54, 1.807) is 48.5 Å². The summed E-state index contributed by atoms with van der Waals surface area (Å²) in [5.41, 5.74) is 0.972. The summed E-state index contributed by atoms with van der Waals surface area (Å²) in [4.78, 5) is 26.2. The van der Waals surface area contributed by atoms with E-state index in [0.29, 0.717) is 27.0 Å². The molecule has 0 unspecified atom stereocenters. The molecule has 0 saturated heterocycles. The van der Waals surface area contributed by atoms with E-state index < -0.39 is 0 Å². The number of hydrogen-bond donors (Lipinski definition) is 1. The standard InChI is InChI=1S/C22H16Cl2FNO2S/c23-14-5-10-20(18(13-14)22(28)17-3-1-2-4-19(17)24)26-21(27)11-12-29-16-8-6-15(25)7-9-16/h1-10,13H,11-12H2,(H,26,27). The van der Waals surface area contributed by atoms with Crippen molar-refractivity contribution in [2.24, 2.45) is 0 Å². The first-order chi connectivity index (χ1) is 13.9. The molecule has 0 aromatic heterocycles. The zero-order chi connectivity index (χ0) is 20.8. The van der Waals surface area contributed by atoms with Crippen LogP contribution in [0.3, 0.4) is 0 Å². The highest BCUT2D eigenvalue weighted by atomic mass is 35.5. The van der Waals surface area contributed by atoms with Crippen LogP contribution in [0.15, 0.2) is 71.6 Å². The summed E-state index contributed by atoms with van der Waals surface area (Å²) in [7, 11) is 0. The lowest BCUT2D eigenvalue weighted by Crippen LogP contribution is -2.15. The van der Waals surface area contributed by atoms with Gasteiger partial charge in [-0.25, -0.2) is 4.39 Å². The number of nitrogens with one attached hydrogen (secondary N) is 1. The number of rotatable bonds is 7. The number of halogens is 3. The molecule has 0 bridgehead atoms. The molecule has 0 aliphatic heterocycles. The third-order valence-corrected chi connectivity index (χ3v) is 5.61. The molecule has 0 radical (unpaired) electrons. The highest BCUT2D eigenvalue weighted by Gasteiger charge is 2.18. The van der Waals surface area contributed by atoms with Crippen molar-refractivity contribution in [3.63, 3.8) is 0 Å². The van der Waals surface area contributed by atoms with Crippen LogP contribution in [0.2, 0.25) is 10.0 Å². The summed E-state index contributed by atoms with van der Waals surface area (Å²) >= 11 is 13.6. The third-order valence-electron chi connectivity index (χ3n) is 4.03. The number of carbonyl (C=O) groups is 2. The smallest absolute Gasteiger partial charge is 0.225 e. The highest BCUT2D eigenvalue weighted by Crippen LogP contribution is 2.27. The van der Waals surface area contributed by atoms with Crippen LogP contribution in [-0.4, -0.2) is 17.4 Å². The van der Waals surface area contributed by atoms with Crippen LogP contribution in [0.25, 0.3) is 0 Å². The maximum absolute atomic E-state index is 12.9. The lowest BCUT2D eigenvalue weighted by molar-refractivity contribution is -0.115. The molecule has 0 aliphatic rings. The van der Waals surface area contributed by atoms with Crippen LogP contribution >= 0.6 is 35.0 Å². The molecule has 0 fully saturated rings. The zero-order valence-corrected chi connectivity index (χ0v) is 17.5. The van der Waals surface area contributed by atoms with Crippen LogP contribution in [0.1, 0.15) is 22.3 Å². The molecule has 0 aliphatic carbocycles. The maximum atomic E-state index is 12.9. The van der Waals surface area contributed by atoms with Gasteiger partial charge in [0.05, 0.1) is 10.7 Å². The van der Waals surface area contributed by atoms with E-state index in [4.69, 9.17) is 23.2 Å². The molecule has 3 aromatic rings. The summed E-state index contributed by atoms with van der Waals surface area (Å²) in [6.45, 7) is 0. The van der Waals surface area contributed by atoms with Gasteiger partial charge in [0.15, 0.2) is 5.78 Å². The molecule has 1 N–H and O–H groups in total. The SMILES string of the molecule is O=C(CCSc1ccc(F)cc1)Nc1ccc(Cl)cc1C(=O)c1ccccc1Cl. The summed E-state index contributed by atoms with van der Waals surface area (Å²) in [6.07, 6.45) is 0.227. The quantitative estimate of drug-likeness (QED) is 0.332. The number of amides is 1. The number of ketones is 1. The van der Waals surface area contributed by atoms with Gasteiger partial charge in [-0.05, 0) is 54.6 Å². The number of anilines is 1. The minimum atomic E-state index is -0.325.